The first-order valence-electron chi connectivity index (χ1n) is 9.36. The lowest BCUT2D eigenvalue weighted by Gasteiger charge is -2.23. The minimum absolute atomic E-state index is 0.0783. The van der Waals surface area contributed by atoms with Crippen molar-refractivity contribution >= 4 is 16.5 Å². The summed E-state index contributed by atoms with van der Waals surface area (Å²) in [5, 5.41) is 15.5. The zero-order valence-electron chi connectivity index (χ0n) is 14.9. The van der Waals surface area contributed by atoms with Crippen molar-refractivity contribution in [3.8, 4) is 11.3 Å². The van der Waals surface area contributed by atoms with Crippen molar-refractivity contribution in [2.24, 2.45) is 0 Å². The van der Waals surface area contributed by atoms with Gasteiger partial charge in [0.05, 0.1) is 18.3 Å². The average Bonchev–Trinajstić information content (AvgIpc) is 3.25. The maximum Gasteiger partial charge on any atom is 0.266 e. The van der Waals surface area contributed by atoms with Gasteiger partial charge in [0.2, 0.25) is 5.13 Å². The van der Waals surface area contributed by atoms with Gasteiger partial charge in [0.15, 0.2) is 0 Å². The topological polar surface area (TPSA) is 76.8 Å². The van der Waals surface area contributed by atoms with E-state index in [-0.39, 0.29) is 11.6 Å². The molecule has 0 spiro atoms. The molecule has 2 fully saturated rings. The minimum Gasteiger partial charge on any atom is -0.342 e. The highest BCUT2D eigenvalue weighted by Gasteiger charge is 2.32. The molecule has 138 valence electrons. The fourth-order valence-electron chi connectivity index (χ4n) is 3.56. The van der Waals surface area contributed by atoms with Crippen LogP contribution in [-0.4, -0.2) is 37.5 Å². The predicted octanol–water partition coefficient (Wildman–Crippen LogP) is 2.70. The van der Waals surface area contributed by atoms with Gasteiger partial charge < -0.3 is 4.90 Å². The zero-order valence-corrected chi connectivity index (χ0v) is 15.7. The third kappa shape index (κ3) is 3.37. The Morgan fingerprint density at radius 3 is 2.89 bits per heavy atom. The second-order valence-corrected chi connectivity index (χ2v) is 8.15. The Hall–Kier alpha value is -2.61. The number of hydrogen-bond donors (Lipinski definition) is 0. The first kappa shape index (κ1) is 16.6. The SMILES string of the molecule is O=c1ccc(-c2cccnc2)nn1CC1CCCN1c1nnc(C2CC2)s1. The molecule has 1 saturated heterocycles. The van der Waals surface area contributed by atoms with Crippen LogP contribution in [0.15, 0.2) is 41.5 Å². The molecular weight excluding hydrogens is 360 g/mol. The molecule has 0 radical (unpaired) electrons. The second-order valence-electron chi connectivity index (χ2n) is 7.17. The van der Waals surface area contributed by atoms with E-state index in [1.165, 1.54) is 12.8 Å². The Morgan fingerprint density at radius 2 is 2.07 bits per heavy atom. The van der Waals surface area contributed by atoms with Gasteiger partial charge >= 0.3 is 0 Å². The van der Waals surface area contributed by atoms with Crippen molar-refractivity contribution in [1.29, 1.82) is 0 Å². The van der Waals surface area contributed by atoms with Gasteiger partial charge in [0, 0.05) is 36.5 Å². The van der Waals surface area contributed by atoms with Crippen LogP contribution in [0.25, 0.3) is 11.3 Å². The number of rotatable bonds is 5. The van der Waals surface area contributed by atoms with E-state index in [9.17, 15) is 4.79 Å². The fourth-order valence-corrected chi connectivity index (χ4v) is 4.67. The van der Waals surface area contributed by atoms with Gasteiger partial charge in [-0.2, -0.15) is 5.10 Å². The van der Waals surface area contributed by atoms with Crippen molar-refractivity contribution in [1.82, 2.24) is 25.0 Å². The van der Waals surface area contributed by atoms with Crippen LogP contribution < -0.4 is 10.5 Å². The lowest BCUT2D eigenvalue weighted by atomic mass is 10.2. The maximum absolute atomic E-state index is 12.4. The first-order valence-corrected chi connectivity index (χ1v) is 10.2. The van der Waals surface area contributed by atoms with Gasteiger partial charge in [-0.1, -0.05) is 11.3 Å². The predicted molar refractivity (Wildman–Crippen MR) is 104 cm³/mol. The van der Waals surface area contributed by atoms with Crippen molar-refractivity contribution in [3.05, 3.63) is 52.0 Å². The molecule has 3 aromatic heterocycles. The summed E-state index contributed by atoms with van der Waals surface area (Å²) in [6, 6.07) is 7.39. The molecule has 7 nitrogen and oxygen atoms in total. The maximum atomic E-state index is 12.4. The smallest absolute Gasteiger partial charge is 0.266 e. The van der Waals surface area contributed by atoms with E-state index in [2.05, 4.69) is 25.2 Å². The highest BCUT2D eigenvalue weighted by Crippen LogP contribution is 2.43. The van der Waals surface area contributed by atoms with E-state index < -0.39 is 0 Å². The highest BCUT2D eigenvalue weighted by atomic mass is 32.1. The summed E-state index contributed by atoms with van der Waals surface area (Å²) in [5.74, 6) is 0.623. The van der Waals surface area contributed by atoms with Crippen LogP contribution in [0, 0.1) is 0 Å². The lowest BCUT2D eigenvalue weighted by molar-refractivity contribution is 0.489. The second kappa shape index (κ2) is 6.84. The molecule has 1 aliphatic carbocycles. The number of nitrogens with zero attached hydrogens (tertiary/aromatic N) is 6. The first-order chi connectivity index (χ1) is 13.3. The van der Waals surface area contributed by atoms with Gasteiger partial charge in [-0.3, -0.25) is 9.78 Å². The van der Waals surface area contributed by atoms with E-state index in [1.54, 1.807) is 40.5 Å². The van der Waals surface area contributed by atoms with Gasteiger partial charge in [-0.25, -0.2) is 4.68 Å². The molecular formula is C19H20N6OS. The number of hydrogen-bond acceptors (Lipinski definition) is 7. The molecule has 0 N–H and O–H groups in total. The molecule has 0 aromatic carbocycles. The Balaban J connectivity index is 1.39. The Bertz CT molecular complexity index is 997. The van der Waals surface area contributed by atoms with E-state index in [1.807, 2.05) is 12.1 Å². The number of pyridine rings is 1. The van der Waals surface area contributed by atoms with Gasteiger partial charge in [0.1, 0.15) is 5.01 Å². The quantitative estimate of drug-likeness (QED) is 0.677. The van der Waals surface area contributed by atoms with E-state index >= 15 is 0 Å². The molecule has 3 aromatic rings. The zero-order chi connectivity index (χ0) is 18.2. The van der Waals surface area contributed by atoms with Crippen molar-refractivity contribution in [2.75, 3.05) is 11.4 Å². The molecule has 8 heteroatoms. The van der Waals surface area contributed by atoms with Crippen LogP contribution in [0.1, 0.15) is 36.6 Å². The van der Waals surface area contributed by atoms with Gasteiger partial charge in [-0.05, 0) is 43.9 Å². The monoisotopic (exact) mass is 380 g/mol. The van der Waals surface area contributed by atoms with Crippen LogP contribution in [0.5, 0.6) is 0 Å². The molecule has 1 aliphatic heterocycles. The summed E-state index contributed by atoms with van der Waals surface area (Å²) < 4.78 is 1.58. The summed E-state index contributed by atoms with van der Waals surface area (Å²) in [7, 11) is 0. The van der Waals surface area contributed by atoms with Crippen LogP contribution in [0.4, 0.5) is 5.13 Å². The minimum atomic E-state index is -0.0783. The molecule has 0 amide bonds. The Kier molecular flexibility index (Phi) is 4.20. The Labute approximate surface area is 160 Å². The van der Waals surface area contributed by atoms with E-state index in [0.717, 1.165) is 40.8 Å². The molecule has 4 heterocycles. The fraction of sp³-hybridized carbons (Fsp3) is 0.421. The average molecular weight is 380 g/mol. The van der Waals surface area contributed by atoms with Gasteiger partial charge in [-0.15, -0.1) is 10.2 Å². The van der Waals surface area contributed by atoms with E-state index in [4.69, 9.17) is 0 Å². The molecule has 27 heavy (non-hydrogen) atoms. The molecule has 1 saturated carbocycles. The third-order valence-corrected chi connectivity index (χ3v) is 6.31. The van der Waals surface area contributed by atoms with Crippen molar-refractivity contribution in [2.45, 2.75) is 44.2 Å². The Morgan fingerprint density at radius 1 is 1.15 bits per heavy atom. The molecule has 2 aliphatic rings. The lowest BCUT2D eigenvalue weighted by Crippen LogP contribution is -2.37. The summed E-state index contributed by atoms with van der Waals surface area (Å²) in [4.78, 5) is 18.8. The number of aromatic nitrogens is 5. The highest BCUT2D eigenvalue weighted by molar-refractivity contribution is 7.15. The van der Waals surface area contributed by atoms with Crippen LogP contribution in [0.3, 0.4) is 0 Å². The normalized spacial score (nSPS) is 19.6. The molecule has 1 unspecified atom stereocenters. The van der Waals surface area contributed by atoms with Crippen LogP contribution in [-0.2, 0) is 6.54 Å². The third-order valence-electron chi connectivity index (χ3n) is 5.19. The number of anilines is 1. The summed E-state index contributed by atoms with van der Waals surface area (Å²) in [6.45, 7) is 1.52. The van der Waals surface area contributed by atoms with Crippen molar-refractivity contribution < 1.29 is 0 Å². The van der Waals surface area contributed by atoms with Crippen LogP contribution in [0.2, 0.25) is 0 Å². The standard InChI is InChI=1S/C19H20N6OS/c26-17-8-7-16(14-3-1-9-20-11-14)23-25(17)12-15-4-2-10-24(15)19-22-21-18(27-19)13-5-6-13/h1,3,7-9,11,13,15H,2,4-6,10,12H2. The molecule has 5 rings (SSSR count). The summed E-state index contributed by atoms with van der Waals surface area (Å²) in [6.07, 6.45) is 8.09. The van der Waals surface area contributed by atoms with Crippen molar-refractivity contribution in [3.63, 3.8) is 0 Å². The molecule has 1 atom stereocenters. The summed E-state index contributed by atoms with van der Waals surface area (Å²) in [5.41, 5.74) is 1.59. The van der Waals surface area contributed by atoms with Gasteiger partial charge in [0.25, 0.3) is 5.56 Å². The largest absolute Gasteiger partial charge is 0.342 e. The summed E-state index contributed by atoms with van der Waals surface area (Å²) >= 11 is 1.71. The van der Waals surface area contributed by atoms with Crippen LogP contribution >= 0.6 is 11.3 Å². The van der Waals surface area contributed by atoms with E-state index in [0.29, 0.717) is 12.5 Å². The molecule has 0 bridgehead atoms.